The minimum absolute atomic E-state index is 0.0573. The molecule has 0 unspecified atom stereocenters. The summed E-state index contributed by atoms with van der Waals surface area (Å²) in [5, 5.41) is 5.40. The molecule has 12 N–H and O–H groups in total. The molecule has 0 aromatic rings. The lowest BCUT2D eigenvalue weighted by atomic mass is 10.0. The van der Waals surface area contributed by atoms with Gasteiger partial charge >= 0.3 is 0 Å². The molecule has 0 saturated carbocycles. The van der Waals surface area contributed by atoms with Gasteiger partial charge in [0.2, 0.25) is 11.8 Å². The van der Waals surface area contributed by atoms with Gasteiger partial charge in [-0.05, 0) is 64.5 Å². The van der Waals surface area contributed by atoms with Crippen molar-refractivity contribution in [2.75, 3.05) is 39.4 Å². The molecule has 216 valence electrons. The molecule has 37 heavy (non-hydrogen) atoms. The van der Waals surface area contributed by atoms with Crippen molar-refractivity contribution in [2.45, 2.75) is 89.1 Å². The number of hydrogen-bond acceptors (Lipinski definition) is 11. The number of hydrogen-bond donors (Lipinski definition) is 8. The maximum atomic E-state index is 12.2. The van der Waals surface area contributed by atoms with E-state index in [9.17, 15) is 19.2 Å². The quantitative estimate of drug-likeness (QED) is 0.0369. The molecule has 2 atom stereocenters. The van der Waals surface area contributed by atoms with Crippen molar-refractivity contribution in [3.05, 3.63) is 0 Å². The first kappa shape index (κ1) is 35.0. The molecule has 2 amide bonds. The summed E-state index contributed by atoms with van der Waals surface area (Å²) in [6.07, 6.45) is 8.07. The van der Waals surface area contributed by atoms with Crippen LogP contribution in [0.25, 0.3) is 0 Å². The normalized spacial score (nSPS) is 12.6. The summed E-state index contributed by atoms with van der Waals surface area (Å²) < 4.78 is 5.14. The number of rotatable bonds is 26. The molecule has 0 bridgehead atoms. The van der Waals surface area contributed by atoms with Gasteiger partial charge in [-0.3, -0.25) is 30.9 Å². The van der Waals surface area contributed by atoms with Crippen molar-refractivity contribution in [2.24, 2.45) is 23.2 Å². The van der Waals surface area contributed by atoms with Crippen LogP contribution in [0.3, 0.4) is 0 Å². The Bertz CT molecular complexity index is 586. The van der Waals surface area contributed by atoms with E-state index in [1.165, 1.54) is 0 Å². The minimum atomic E-state index is -0.361. The summed E-state index contributed by atoms with van der Waals surface area (Å²) in [4.78, 5) is 48.0. The molecule has 0 fully saturated rings. The second-order valence-electron chi connectivity index (χ2n) is 9.05. The first-order valence-corrected chi connectivity index (χ1v) is 13.4. The smallest absolute Gasteiger partial charge is 0.246 e. The van der Waals surface area contributed by atoms with Crippen LogP contribution >= 0.6 is 0 Å². The van der Waals surface area contributed by atoms with Crippen LogP contribution in [0.15, 0.2) is 0 Å². The monoisotopic (exact) mass is 530 g/mol. The third kappa shape index (κ3) is 19.7. The fraction of sp³-hybridized carbons (Fsp3) is 0.833. The number of ketones is 2. The zero-order valence-corrected chi connectivity index (χ0v) is 22.2. The van der Waals surface area contributed by atoms with Crippen LogP contribution in [0.1, 0.15) is 77.0 Å². The van der Waals surface area contributed by atoms with Crippen molar-refractivity contribution in [1.82, 2.24) is 21.5 Å². The van der Waals surface area contributed by atoms with E-state index in [2.05, 4.69) is 21.5 Å². The molecular formula is C24H50N8O5. The molecule has 0 aromatic heterocycles. The summed E-state index contributed by atoms with van der Waals surface area (Å²) in [6, 6.07) is -0.721. The van der Waals surface area contributed by atoms with Gasteiger partial charge in [-0.1, -0.05) is 12.8 Å². The van der Waals surface area contributed by atoms with Crippen molar-refractivity contribution in [1.29, 1.82) is 0 Å². The van der Waals surface area contributed by atoms with Crippen LogP contribution in [0.4, 0.5) is 0 Å². The molecule has 0 aliphatic carbocycles. The Morgan fingerprint density at radius 2 is 1.00 bits per heavy atom. The number of amides is 2. The van der Waals surface area contributed by atoms with Gasteiger partial charge in [0.1, 0.15) is 13.2 Å². The summed E-state index contributed by atoms with van der Waals surface area (Å²) in [7, 11) is 0. The zero-order valence-electron chi connectivity index (χ0n) is 22.2. The van der Waals surface area contributed by atoms with Crippen molar-refractivity contribution < 1.29 is 23.9 Å². The fourth-order valence-corrected chi connectivity index (χ4v) is 3.65. The summed E-state index contributed by atoms with van der Waals surface area (Å²) in [6.45, 7) is 1.57. The molecule has 0 spiro atoms. The lowest BCUT2D eigenvalue weighted by molar-refractivity contribution is -0.131. The number of ether oxygens (including phenoxy) is 1. The highest BCUT2D eigenvalue weighted by atomic mass is 16.5. The number of unbranched alkanes of at least 4 members (excludes halogenated alkanes) is 4. The molecule has 0 radical (unpaired) electrons. The summed E-state index contributed by atoms with van der Waals surface area (Å²) in [5.74, 6) is 10.4. The van der Waals surface area contributed by atoms with Crippen LogP contribution in [-0.2, 0) is 23.9 Å². The maximum Gasteiger partial charge on any atom is 0.246 e. The van der Waals surface area contributed by atoms with Gasteiger partial charge in [0.05, 0.1) is 12.1 Å². The van der Waals surface area contributed by atoms with Crippen molar-refractivity contribution in [3.63, 3.8) is 0 Å². The molecule has 0 rings (SSSR count). The van der Waals surface area contributed by atoms with E-state index >= 15 is 0 Å². The first-order valence-electron chi connectivity index (χ1n) is 13.4. The highest BCUT2D eigenvalue weighted by molar-refractivity contribution is 5.84. The first-order chi connectivity index (χ1) is 17.9. The van der Waals surface area contributed by atoms with Gasteiger partial charge in [0.15, 0.2) is 11.6 Å². The molecule has 0 aliphatic heterocycles. The largest absolute Gasteiger partial charge is 0.362 e. The average Bonchev–Trinajstić information content (AvgIpc) is 2.88. The maximum absolute atomic E-state index is 12.2. The van der Waals surface area contributed by atoms with E-state index in [-0.39, 0.29) is 48.7 Å². The Balaban J connectivity index is 3.76. The Morgan fingerprint density at radius 1 is 0.595 bits per heavy atom. The lowest BCUT2D eigenvalue weighted by Crippen LogP contribution is -2.41. The summed E-state index contributed by atoms with van der Waals surface area (Å²) >= 11 is 0. The number of nitrogens with two attached hydrogens (primary N) is 4. The molecule has 0 heterocycles. The minimum Gasteiger partial charge on any atom is -0.362 e. The second kappa shape index (κ2) is 24.3. The predicted octanol–water partition coefficient (Wildman–Crippen LogP) is -1.36. The third-order valence-corrected chi connectivity index (χ3v) is 5.88. The van der Waals surface area contributed by atoms with Gasteiger partial charge in [-0.15, -0.1) is 0 Å². The lowest BCUT2D eigenvalue weighted by Gasteiger charge is -2.14. The van der Waals surface area contributed by atoms with E-state index in [4.69, 9.17) is 27.9 Å². The topological polar surface area (TPSA) is 230 Å². The molecule has 0 saturated heterocycles. The number of Topliss-reactive ketones (excluding diaryl/α,β-unsaturated/α-hetero) is 2. The van der Waals surface area contributed by atoms with Gasteiger partial charge in [0.25, 0.3) is 0 Å². The van der Waals surface area contributed by atoms with E-state index in [1.807, 2.05) is 0 Å². The number of carbonyl (C=O) groups excluding carboxylic acids is 4. The molecule has 0 aromatic carbocycles. The third-order valence-electron chi connectivity index (χ3n) is 5.88. The van der Waals surface area contributed by atoms with Gasteiger partial charge in [-0.25, -0.2) is 10.9 Å². The average molecular weight is 531 g/mol. The van der Waals surface area contributed by atoms with Crippen LogP contribution in [-0.4, -0.2) is 74.9 Å². The van der Waals surface area contributed by atoms with E-state index < -0.39 is 0 Å². The standard InChI is InChI=1S/C24H50N8O5/c25-13-5-1-9-19(31-27)21(33)11-3-7-15-29-23(35)17-37-18-24(36)30-16-8-4-12-22(34)20(32-28)10-2-6-14-26/h19-20,31-32H,1-18,25-28H2,(H,29,35)(H,30,36)/t19-,20-/m0/s1. The van der Waals surface area contributed by atoms with E-state index in [0.29, 0.717) is 77.5 Å². The van der Waals surface area contributed by atoms with Crippen molar-refractivity contribution >= 4 is 23.4 Å². The highest BCUT2D eigenvalue weighted by Gasteiger charge is 2.16. The molecular weight excluding hydrogens is 480 g/mol. The highest BCUT2D eigenvalue weighted by Crippen LogP contribution is 2.07. The van der Waals surface area contributed by atoms with Crippen LogP contribution < -0.4 is 44.6 Å². The fourth-order valence-electron chi connectivity index (χ4n) is 3.65. The van der Waals surface area contributed by atoms with Gasteiger partial charge in [0, 0.05) is 25.9 Å². The zero-order chi connectivity index (χ0) is 27.7. The van der Waals surface area contributed by atoms with Crippen molar-refractivity contribution in [3.8, 4) is 0 Å². The predicted molar refractivity (Wildman–Crippen MR) is 143 cm³/mol. The van der Waals surface area contributed by atoms with E-state index in [0.717, 1.165) is 25.7 Å². The second-order valence-corrected chi connectivity index (χ2v) is 9.05. The van der Waals surface area contributed by atoms with E-state index in [1.54, 1.807) is 0 Å². The van der Waals surface area contributed by atoms with Crippen LogP contribution in [0.2, 0.25) is 0 Å². The van der Waals surface area contributed by atoms with Gasteiger partial charge < -0.3 is 26.8 Å². The Kier molecular flexibility index (Phi) is 23.0. The molecule has 13 nitrogen and oxygen atoms in total. The van der Waals surface area contributed by atoms with Gasteiger partial charge in [-0.2, -0.15) is 0 Å². The molecule has 13 heteroatoms. The Labute approximate surface area is 220 Å². The summed E-state index contributed by atoms with van der Waals surface area (Å²) in [5.41, 5.74) is 16.0. The number of hydrazine groups is 2. The molecule has 0 aliphatic rings. The Morgan fingerprint density at radius 3 is 1.35 bits per heavy atom. The Hall–Kier alpha value is -2.00. The number of carbonyl (C=O) groups is 4. The SMILES string of the molecule is NCCCC[C@H](NN)C(=O)CCCCNC(=O)COCC(=O)NCCCCC(=O)[C@H](CCCCN)NN. The van der Waals surface area contributed by atoms with Crippen LogP contribution in [0, 0.1) is 0 Å². The number of nitrogens with one attached hydrogen (secondary N) is 4. The van der Waals surface area contributed by atoms with Crippen LogP contribution in [0.5, 0.6) is 0 Å².